The smallest absolute Gasteiger partial charge is 0.256 e. The summed E-state index contributed by atoms with van der Waals surface area (Å²) in [5, 5.41) is 9.39. The minimum Gasteiger partial charge on any atom is -0.387 e. The number of ether oxygens (including phenoxy) is 2. The lowest BCUT2D eigenvalue weighted by Gasteiger charge is -2.31. The predicted molar refractivity (Wildman–Crippen MR) is 194 cm³/mol. The van der Waals surface area contributed by atoms with Crippen LogP contribution in [0.5, 0.6) is 0 Å². The van der Waals surface area contributed by atoms with Crippen LogP contribution in [0, 0.1) is 10.8 Å². The van der Waals surface area contributed by atoms with Gasteiger partial charge in [0.2, 0.25) is 5.91 Å². The Morgan fingerprint density at radius 1 is 0.878 bits per heavy atom. The molecule has 11 nitrogen and oxygen atoms in total. The molecule has 0 aromatic heterocycles. The molecule has 0 bridgehead atoms. The highest BCUT2D eigenvalue weighted by molar-refractivity contribution is 6.12. The molecule has 0 aromatic carbocycles. The van der Waals surface area contributed by atoms with Crippen LogP contribution in [0.1, 0.15) is 87.0 Å². The van der Waals surface area contributed by atoms with Crippen molar-refractivity contribution in [2.45, 2.75) is 87.0 Å². The Labute approximate surface area is 295 Å². The molecule has 3 N–H and O–H groups in total. The van der Waals surface area contributed by atoms with Gasteiger partial charge in [0.15, 0.2) is 0 Å². The molecule has 0 aromatic rings. The maximum Gasteiger partial charge on any atom is 0.256 e. The zero-order valence-corrected chi connectivity index (χ0v) is 31.8. The molecule has 0 spiro atoms. The van der Waals surface area contributed by atoms with Gasteiger partial charge in [-0.2, -0.15) is 0 Å². The number of likely N-dealkylation sites (N-methyl/N-ethyl adjacent to an activating group) is 1. The van der Waals surface area contributed by atoms with Crippen LogP contribution in [0.4, 0.5) is 0 Å². The molecule has 3 aliphatic rings. The largest absolute Gasteiger partial charge is 0.387 e. The maximum absolute atomic E-state index is 12.9. The van der Waals surface area contributed by atoms with Gasteiger partial charge in [-0.15, -0.1) is 0 Å². The van der Waals surface area contributed by atoms with E-state index in [9.17, 15) is 19.2 Å². The maximum atomic E-state index is 12.9. The van der Waals surface area contributed by atoms with Crippen molar-refractivity contribution in [2.24, 2.45) is 10.8 Å². The Morgan fingerprint density at radius 2 is 1.51 bits per heavy atom. The quantitative estimate of drug-likeness (QED) is 0.0987. The average Bonchev–Trinajstić information content (AvgIpc) is 3.33. The molecule has 11 heteroatoms. The lowest BCUT2D eigenvalue weighted by molar-refractivity contribution is -0.834. The number of imide groups is 1. The number of hydrogen-bond donors (Lipinski definition) is 3. The molecule has 0 unspecified atom stereocenters. The summed E-state index contributed by atoms with van der Waals surface area (Å²) in [5.41, 5.74) is 3.92. The number of allylic oxidation sites excluding steroid dienone is 2. The summed E-state index contributed by atoms with van der Waals surface area (Å²) in [6.07, 6.45) is 11.7. The molecular formula is C38H64N5O6+. The highest BCUT2D eigenvalue weighted by Gasteiger charge is 2.27. The van der Waals surface area contributed by atoms with Crippen LogP contribution in [-0.4, -0.2) is 106 Å². The summed E-state index contributed by atoms with van der Waals surface area (Å²) in [5.74, 6) is -0.656. The fourth-order valence-corrected chi connectivity index (χ4v) is 5.66. The van der Waals surface area contributed by atoms with Crippen LogP contribution >= 0.6 is 0 Å². The zero-order chi connectivity index (χ0) is 36.7. The van der Waals surface area contributed by atoms with E-state index >= 15 is 0 Å². The Kier molecular flexibility index (Phi) is 16.9. The van der Waals surface area contributed by atoms with Gasteiger partial charge in [0.05, 0.1) is 46.1 Å². The Morgan fingerprint density at radius 3 is 2.12 bits per heavy atom. The van der Waals surface area contributed by atoms with Crippen molar-refractivity contribution in [3.63, 3.8) is 0 Å². The van der Waals surface area contributed by atoms with Crippen molar-refractivity contribution in [2.75, 3.05) is 73.2 Å². The first kappa shape index (κ1) is 41.9. The van der Waals surface area contributed by atoms with Crippen LogP contribution in [0.25, 0.3) is 0 Å². The van der Waals surface area contributed by atoms with Crippen molar-refractivity contribution in [1.29, 1.82) is 0 Å². The fourth-order valence-electron chi connectivity index (χ4n) is 5.66. The lowest BCUT2D eigenvalue weighted by atomic mass is 9.89. The Bertz CT molecular complexity index is 1250. The van der Waals surface area contributed by atoms with Crippen LogP contribution in [0.15, 0.2) is 46.8 Å². The van der Waals surface area contributed by atoms with Crippen LogP contribution in [0.3, 0.4) is 0 Å². The number of carbonyl (C=O) groups is 4. The number of carbonyl (C=O) groups excluding carboxylic acids is 4. The summed E-state index contributed by atoms with van der Waals surface area (Å²) in [4.78, 5) is 50.2. The van der Waals surface area contributed by atoms with Gasteiger partial charge in [0.25, 0.3) is 17.7 Å². The number of amides is 4. The van der Waals surface area contributed by atoms with E-state index in [0.717, 1.165) is 43.5 Å². The Balaban J connectivity index is 0.00000409. The molecule has 276 valence electrons. The predicted octanol–water partition coefficient (Wildman–Crippen LogP) is 4.37. The summed E-state index contributed by atoms with van der Waals surface area (Å²) in [6.45, 7) is 19.0. The van der Waals surface area contributed by atoms with Gasteiger partial charge in [-0.1, -0.05) is 54.0 Å². The lowest BCUT2D eigenvalue weighted by Crippen LogP contribution is -2.42. The van der Waals surface area contributed by atoms with E-state index in [4.69, 9.17) is 9.47 Å². The molecule has 2 heterocycles. The number of nitrogens with zero attached hydrogens (tertiary/aromatic N) is 2. The second-order valence-electron chi connectivity index (χ2n) is 15.1. The van der Waals surface area contributed by atoms with Crippen molar-refractivity contribution < 1.29 is 33.1 Å². The van der Waals surface area contributed by atoms with Crippen molar-refractivity contribution in [1.82, 2.24) is 20.9 Å². The second kappa shape index (κ2) is 19.8. The minimum absolute atomic E-state index is 0.0387. The van der Waals surface area contributed by atoms with Crippen molar-refractivity contribution in [3.8, 4) is 0 Å². The van der Waals surface area contributed by atoms with Crippen LogP contribution < -0.4 is 16.0 Å². The standard InChI is InChI=1S/C36H57N5O6.C2H6/c1-8-27-20-29(22-41(6,7)21-27)34(45)39-23-35(2,3)24-47-26-36(4,5)25-46-19-17-38-31(42)13-12-30(28-10-9-11-28)37-16-18-40-32(43)14-15-33(40)44;1-2/h14-15,20,22,37H,8-13,16-19,21,23-26H2,1-7H3,(H-,38,39,42,45);1-2H3/p+1. The summed E-state index contributed by atoms with van der Waals surface area (Å²) in [6, 6.07) is 0. The monoisotopic (exact) mass is 686 g/mol. The van der Waals surface area contributed by atoms with E-state index in [1.165, 1.54) is 28.2 Å². The van der Waals surface area contributed by atoms with E-state index in [2.05, 4.69) is 64.7 Å². The SMILES string of the molecule is CC.CCC1=CC(C(=O)NCC(C)(C)COCC(C)(C)COCCNC(=O)CCC(NCCN2C(=O)C=CC2=O)=C2CCC2)=C[N+](C)(C)C1. The fraction of sp³-hybridized carbons (Fsp3) is 0.684. The van der Waals surface area contributed by atoms with Gasteiger partial charge in [-0.3, -0.25) is 28.6 Å². The molecule has 0 radical (unpaired) electrons. The Hall–Kier alpha value is -3.28. The van der Waals surface area contributed by atoms with E-state index in [0.29, 0.717) is 69.9 Å². The normalized spacial score (nSPS) is 17.1. The molecule has 2 aliphatic heterocycles. The van der Waals surface area contributed by atoms with E-state index in [1.807, 2.05) is 26.1 Å². The molecule has 49 heavy (non-hydrogen) atoms. The van der Waals surface area contributed by atoms with E-state index < -0.39 is 0 Å². The third kappa shape index (κ3) is 15.0. The third-order valence-electron chi connectivity index (χ3n) is 8.51. The zero-order valence-electron chi connectivity index (χ0n) is 31.8. The molecule has 1 aliphatic carbocycles. The number of hydrogen-bond acceptors (Lipinski definition) is 7. The molecule has 3 rings (SSSR count). The first-order valence-electron chi connectivity index (χ1n) is 18.0. The van der Waals surface area contributed by atoms with E-state index in [1.54, 1.807) is 0 Å². The molecule has 0 saturated heterocycles. The first-order valence-corrected chi connectivity index (χ1v) is 18.0. The van der Waals surface area contributed by atoms with Gasteiger partial charge < -0.3 is 25.4 Å². The third-order valence-corrected chi connectivity index (χ3v) is 8.51. The summed E-state index contributed by atoms with van der Waals surface area (Å²) < 4.78 is 12.6. The molecule has 1 fully saturated rings. The molecular weight excluding hydrogens is 622 g/mol. The number of quaternary nitrogens is 1. The number of nitrogens with one attached hydrogen (secondary N) is 3. The van der Waals surface area contributed by atoms with Gasteiger partial charge in [0.1, 0.15) is 12.7 Å². The highest BCUT2D eigenvalue weighted by Crippen LogP contribution is 2.29. The summed E-state index contributed by atoms with van der Waals surface area (Å²) >= 11 is 0. The van der Waals surface area contributed by atoms with Crippen molar-refractivity contribution >= 4 is 23.6 Å². The number of rotatable bonds is 20. The van der Waals surface area contributed by atoms with Gasteiger partial charge in [-0.05, 0) is 43.8 Å². The highest BCUT2D eigenvalue weighted by atomic mass is 16.5. The van der Waals surface area contributed by atoms with Crippen LogP contribution in [0.2, 0.25) is 0 Å². The second-order valence-corrected chi connectivity index (χ2v) is 15.1. The topological polar surface area (TPSA) is 126 Å². The molecule has 1 saturated carbocycles. The van der Waals surface area contributed by atoms with E-state index in [-0.39, 0.29) is 34.5 Å². The summed E-state index contributed by atoms with van der Waals surface area (Å²) in [7, 11) is 4.21. The molecule has 4 amide bonds. The first-order chi connectivity index (χ1) is 23.1. The average molecular weight is 687 g/mol. The molecule has 0 atom stereocenters. The van der Waals surface area contributed by atoms with Gasteiger partial charge in [0, 0.05) is 61.3 Å². The van der Waals surface area contributed by atoms with Gasteiger partial charge >= 0.3 is 0 Å². The van der Waals surface area contributed by atoms with Crippen LogP contribution in [-0.2, 0) is 28.7 Å². The van der Waals surface area contributed by atoms with Crippen molar-refractivity contribution in [3.05, 3.63) is 46.8 Å². The van der Waals surface area contributed by atoms with Gasteiger partial charge in [-0.25, -0.2) is 0 Å². The minimum atomic E-state index is -0.284.